The van der Waals surface area contributed by atoms with Gasteiger partial charge in [-0.15, -0.1) is 0 Å². The van der Waals surface area contributed by atoms with E-state index in [0.29, 0.717) is 0 Å². The number of aromatic carboxylic acids is 1. The molecular formula is C14H13BrN2O2. The maximum absolute atomic E-state index is 10.9. The maximum Gasteiger partial charge on any atom is 0.356 e. The molecule has 2 rings (SSSR count). The highest BCUT2D eigenvalue weighted by Gasteiger charge is 2.13. The Morgan fingerprint density at radius 3 is 2.58 bits per heavy atom. The van der Waals surface area contributed by atoms with Crippen LogP contribution in [0.4, 0.5) is 0 Å². The Morgan fingerprint density at radius 1 is 1.37 bits per heavy atom. The van der Waals surface area contributed by atoms with Crippen molar-refractivity contribution in [3.05, 3.63) is 46.6 Å². The normalized spacial score (nSPS) is 10.5. The summed E-state index contributed by atoms with van der Waals surface area (Å²) in [4.78, 5) is 10.9. The average molecular weight is 321 g/mol. The quantitative estimate of drug-likeness (QED) is 0.940. The fourth-order valence-electron chi connectivity index (χ4n) is 1.83. The first-order valence-corrected chi connectivity index (χ1v) is 6.42. The third-order valence-corrected chi connectivity index (χ3v) is 3.24. The number of rotatable bonds is 3. The van der Waals surface area contributed by atoms with Gasteiger partial charge < -0.3 is 5.11 Å². The SMILES string of the molecule is C=C(C)c1cc(Br)cc(-c2cc(C(=O)O)nn2C)c1. The first-order valence-electron chi connectivity index (χ1n) is 5.62. The second-order valence-corrected chi connectivity index (χ2v) is 5.27. The Labute approximate surface area is 119 Å². The number of carboxylic acids is 1. The third kappa shape index (κ3) is 2.76. The summed E-state index contributed by atoms with van der Waals surface area (Å²) in [7, 11) is 1.73. The second-order valence-electron chi connectivity index (χ2n) is 4.35. The van der Waals surface area contributed by atoms with Crippen LogP contribution in [0.25, 0.3) is 16.8 Å². The van der Waals surface area contributed by atoms with E-state index in [9.17, 15) is 4.79 Å². The fourth-order valence-corrected chi connectivity index (χ4v) is 2.32. The molecule has 0 bridgehead atoms. The Bertz CT molecular complexity index is 674. The standard InChI is InChI=1S/C14H13BrN2O2/c1-8(2)9-4-10(6-11(15)5-9)13-7-12(14(18)19)16-17(13)3/h4-7H,1H2,2-3H3,(H,18,19). The van der Waals surface area contributed by atoms with Gasteiger partial charge in [-0.1, -0.05) is 28.1 Å². The molecule has 2 aromatic rings. The van der Waals surface area contributed by atoms with Crippen LogP contribution in [0.1, 0.15) is 23.0 Å². The molecule has 1 heterocycles. The molecule has 0 fully saturated rings. The number of nitrogens with zero attached hydrogens (tertiary/aromatic N) is 2. The van der Waals surface area contributed by atoms with Gasteiger partial charge in [0.25, 0.3) is 0 Å². The van der Waals surface area contributed by atoms with Crippen LogP contribution in [0.2, 0.25) is 0 Å². The highest BCUT2D eigenvalue weighted by molar-refractivity contribution is 9.10. The number of allylic oxidation sites excluding steroid dienone is 1. The Morgan fingerprint density at radius 2 is 2.05 bits per heavy atom. The molecule has 0 saturated heterocycles. The maximum atomic E-state index is 10.9. The summed E-state index contributed by atoms with van der Waals surface area (Å²) in [6, 6.07) is 7.43. The molecule has 0 saturated carbocycles. The topological polar surface area (TPSA) is 55.1 Å². The third-order valence-electron chi connectivity index (χ3n) is 2.79. The average Bonchev–Trinajstić information content (AvgIpc) is 2.70. The van der Waals surface area contributed by atoms with Crippen molar-refractivity contribution in [3.63, 3.8) is 0 Å². The van der Waals surface area contributed by atoms with Crippen LogP contribution in [-0.4, -0.2) is 20.9 Å². The minimum absolute atomic E-state index is 0.0364. The van der Waals surface area contributed by atoms with Crippen LogP contribution >= 0.6 is 15.9 Å². The van der Waals surface area contributed by atoms with E-state index in [0.717, 1.165) is 26.9 Å². The largest absolute Gasteiger partial charge is 0.476 e. The summed E-state index contributed by atoms with van der Waals surface area (Å²) >= 11 is 3.45. The summed E-state index contributed by atoms with van der Waals surface area (Å²) in [6.45, 7) is 5.85. The summed E-state index contributed by atoms with van der Waals surface area (Å²) in [5.74, 6) is -1.03. The number of aromatic nitrogens is 2. The van der Waals surface area contributed by atoms with Gasteiger partial charge in [0, 0.05) is 17.1 Å². The molecule has 98 valence electrons. The van der Waals surface area contributed by atoms with E-state index in [4.69, 9.17) is 5.11 Å². The highest BCUT2D eigenvalue weighted by Crippen LogP contribution is 2.28. The van der Waals surface area contributed by atoms with Crippen LogP contribution in [0.3, 0.4) is 0 Å². The first kappa shape index (κ1) is 13.5. The molecule has 0 amide bonds. The molecule has 1 aromatic carbocycles. The number of hydrogen-bond acceptors (Lipinski definition) is 2. The van der Waals surface area contributed by atoms with E-state index in [1.165, 1.54) is 0 Å². The van der Waals surface area contributed by atoms with Crippen molar-refractivity contribution >= 4 is 27.5 Å². The van der Waals surface area contributed by atoms with Crippen LogP contribution in [0.5, 0.6) is 0 Å². The number of halogens is 1. The van der Waals surface area contributed by atoms with Crippen LogP contribution < -0.4 is 0 Å². The van der Waals surface area contributed by atoms with Crippen molar-refractivity contribution in [2.45, 2.75) is 6.92 Å². The van der Waals surface area contributed by atoms with Gasteiger partial charge in [-0.25, -0.2) is 4.79 Å². The predicted octanol–water partition coefficient (Wildman–Crippen LogP) is 3.58. The van der Waals surface area contributed by atoms with Crippen molar-refractivity contribution in [1.29, 1.82) is 0 Å². The number of benzene rings is 1. The zero-order valence-electron chi connectivity index (χ0n) is 10.6. The molecular weight excluding hydrogens is 308 g/mol. The molecule has 4 nitrogen and oxygen atoms in total. The lowest BCUT2D eigenvalue weighted by atomic mass is 10.0. The second kappa shape index (κ2) is 5.01. The summed E-state index contributed by atoms with van der Waals surface area (Å²) < 4.78 is 2.48. The molecule has 1 aromatic heterocycles. The minimum atomic E-state index is -1.03. The van der Waals surface area contributed by atoms with Crippen LogP contribution in [0.15, 0.2) is 35.3 Å². The van der Waals surface area contributed by atoms with E-state index in [1.54, 1.807) is 17.8 Å². The van der Waals surface area contributed by atoms with E-state index in [2.05, 4.69) is 27.6 Å². The van der Waals surface area contributed by atoms with Gasteiger partial charge >= 0.3 is 5.97 Å². The monoisotopic (exact) mass is 320 g/mol. The Kier molecular flexibility index (Phi) is 3.57. The van der Waals surface area contributed by atoms with Crippen molar-refractivity contribution < 1.29 is 9.90 Å². The molecule has 0 radical (unpaired) electrons. The molecule has 0 aliphatic carbocycles. The summed E-state index contributed by atoms with van der Waals surface area (Å²) in [5, 5.41) is 12.9. The van der Waals surface area contributed by atoms with Gasteiger partial charge in [0.2, 0.25) is 0 Å². The summed E-state index contributed by atoms with van der Waals surface area (Å²) in [5.41, 5.74) is 3.64. The lowest BCUT2D eigenvalue weighted by molar-refractivity contribution is 0.0689. The predicted molar refractivity (Wildman–Crippen MR) is 78.0 cm³/mol. The van der Waals surface area contributed by atoms with Crippen molar-refractivity contribution in [3.8, 4) is 11.3 Å². The zero-order chi connectivity index (χ0) is 14.2. The molecule has 0 aliphatic rings. The number of hydrogen-bond donors (Lipinski definition) is 1. The Hall–Kier alpha value is -1.88. The number of carboxylic acid groups (broad SMARTS) is 1. The van der Waals surface area contributed by atoms with Crippen molar-refractivity contribution in [2.75, 3.05) is 0 Å². The van der Waals surface area contributed by atoms with E-state index in [1.807, 2.05) is 25.1 Å². The molecule has 0 unspecified atom stereocenters. The molecule has 1 N–H and O–H groups in total. The van der Waals surface area contributed by atoms with E-state index >= 15 is 0 Å². The van der Waals surface area contributed by atoms with Crippen molar-refractivity contribution in [1.82, 2.24) is 9.78 Å². The fraction of sp³-hybridized carbons (Fsp3) is 0.143. The van der Waals surface area contributed by atoms with Gasteiger partial charge in [-0.05, 0) is 36.8 Å². The van der Waals surface area contributed by atoms with E-state index < -0.39 is 5.97 Å². The lowest BCUT2D eigenvalue weighted by Gasteiger charge is -2.07. The molecule has 19 heavy (non-hydrogen) atoms. The minimum Gasteiger partial charge on any atom is -0.476 e. The van der Waals surface area contributed by atoms with Crippen LogP contribution in [0, 0.1) is 0 Å². The number of aryl methyl sites for hydroxylation is 1. The Balaban J connectivity index is 2.58. The van der Waals surface area contributed by atoms with Gasteiger partial charge in [-0.2, -0.15) is 5.10 Å². The molecule has 0 atom stereocenters. The van der Waals surface area contributed by atoms with Gasteiger partial charge in [0.1, 0.15) is 0 Å². The summed E-state index contributed by atoms with van der Waals surface area (Å²) in [6.07, 6.45) is 0. The lowest BCUT2D eigenvalue weighted by Crippen LogP contribution is -1.99. The smallest absolute Gasteiger partial charge is 0.356 e. The van der Waals surface area contributed by atoms with E-state index in [-0.39, 0.29) is 5.69 Å². The van der Waals surface area contributed by atoms with Gasteiger partial charge in [0.05, 0.1) is 5.69 Å². The molecule has 0 spiro atoms. The zero-order valence-corrected chi connectivity index (χ0v) is 12.2. The first-order chi connectivity index (χ1) is 8.88. The highest BCUT2D eigenvalue weighted by atomic mass is 79.9. The van der Waals surface area contributed by atoms with Gasteiger partial charge in [0.15, 0.2) is 5.69 Å². The number of carbonyl (C=O) groups is 1. The van der Waals surface area contributed by atoms with Gasteiger partial charge in [-0.3, -0.25) is 4.68 Å². The molecule has 5 heteroatoms. The van der Waals surface area contributed by atoms with Crippen molar-refractivity contribution in [2.24, 2.45) is 7.05 Å². The van der Waals surface area contributed by atoms with Crippen LogP contribution in [-0.2, 0) is 7.05 Å². The molecule has 0 aliphatic heterocycles.